The number of rotatable bonds is 5. The molecule has 9 nitrogen and oxygen atoms in total. The molecule has 1 aliphatic carbocycles. The predicted octanol–water partition coefficient (Wildman–Crippen LogP) is 3.81. The number of piperidine rings is 1. The summed E-state index contributed by atoms with van der Waals surface area (Å²) in [5.41, 5.74) is 7.97. The van der Waals surface area contributed by atoms with E-state index in [2.05, 4.69) is 21.9 Å². The number of benzene rings is 2. The molecule has 3 N–H and O–H groups in total. The van der Waals surface area contributed by atoms with E-state index in [0.29, 0.717) is 34.9 Å². The van der Waals surface area contributed by atoms with Gasteiger partial charge >= 0.3 is 0 Å². The molecule has 2 bridgehead atoms. The minimum atomic E-state index is -0.619. The number of amides is 2. The lowest BCUT2D eigenvalue weighted by atomic mass is 10.1. The van der Waals surface area contributed by atoms with Crippen LogP contribution in [0.25, 0.3) is 22.3 Å². The van der Waals surface area contributed by atoms with Gasteiger partial charge in [-0.15, -0.1) is 0 Å². The number of hydrogen-bond donors (Lipinski definition) is 2. The first-order chi connectivity index (χ1) is 17.9. The number of carbonyl (C=O) groups is 2. The van der Waals surface area contributed by atoms with E-state index in [1.807, 2.05) is 11.0 Å². The van der Waals surface area contributed by atoms with Crippen LogP contribution in [0.3, 0.4) is 0 Å². The summed E-state index contributed by atoms with van der Waals surface area (Å²) < 4.78 is 17.2. The van der Waals surface area contributed by atoms with Crippen molar-refractivity contribution in [2.24, 2.45) is 5.92 Å². The summed E-state index contributed by atoms with van der Waals surface area (Å²) in [5.74, 6) is -0.632. The Morgan fingerprint density at radius 3 is 2.62 bits per heavy atom. The molecule has 10 heteroatoms. The van der Waals surface area contributed by atoms with Gasteiger partial charge < -0.3 is 16.0 Å². The molecule has 186 valence electrons. The minimum Gasteiger partial charge on any atom is -0.383 e. The zero-order chi connectivity index (χ0) is 25.7. The van der Waals surface area contributed by atoms with Crippen LogP contribution in [0.5, 0.6) is 0 Å². The third-order valence-electron chi connectivity index (χ3n) is 7.26. The monoisotopic (exact) mass is 497 g/mol. The van der Waals surface area contributed by atoms with Crippen LogP contribution >= 0.6 is 0 Å². The van der Waals surface area contributed by atoms with E-state index in [9.17, 15) is 9.59 Å². The van der Waals surface area contributed by atoms with Gasteiger partial charge in [0.05, 0.1) is 17.5 Å². The molecule has 1 saturated carbocycles. The Bertz CT molecular complexity index is 1550. The molecule has 0 spiro atoms. The van der Waals surface area contributed by atoms with E-state index in [-0.39, 0.29) is 34.9 Å². The van der Waals surface area contributed by atoms with Crippen molar-refractivity contribution in [2.45, 2.75) is 24.9 Å². The number of likely N-dealkylation sites (tertiary alicyclic amines) is 1. The van der Waals surface area contributed by atoms with Gasteiger partial charge in [-0.3, -0.25) is 9.59 Å². The van der Waals surface area contributed by atoms with E-state index in [4.69, 9.17) is 10.8 Å². The van der Waals surface area contributed by atoms with Crippen molar-refractivity contribution in [3.8, 4) is 11.3 Å². The summed E-state index contributed by atoms with van der Waals surface area (Å²) in [7, 11) is 0. The van der Waals surface area contributed by atoms with Crippen LogP contribution in [0.2, 0.25) is 0 Å². The second kappa shape index (κ2) is 8.81. The maximum atomic E-state index is 15.5. The van der Waals surface area contributed by atoms with Gasteiger partial charge in [0.25, 0.3) is 5.91 Å². The van der Waals surface area contributed by atoms with Gasteiger partial charge in [0.2, 0.25) is 5.91 Å². The molecule has 2 fully saturated rings. The summed E-state index contributed by atoms with van der Waals surface area (Å²) in [6, 6.07) is 13.0. The first-order valence-electron chi connectivity index (χ1n) is 12.0. The second-order valence-electron chi connectivity index (χ2n) is 9.43. The zero-order valence-electron chi connectivity index (χ0n) is 19.8. The number of carbonyl (C=O) groups excluding carboxylic acids is 2. The molecule has 3 atom stereocenters. The van der Waals surface area contributed by atoms with Crippen molar-refractivity contribution in [2.75, 3.05) is 17.6 Å². The molecular formula is C27H24FN7O2. The zero-order valence-corrected chi connectivity index (χ0v) is 19.8. The highest BCUT2D eigenvalue weighted by atomic mass is 19.1. The van der Waals surface area contributed by atoms with Crippen molar-refractivity contribution in [1.29, 1.82) is 0 Å². The van der Waals surface area contributed by atoms with E-state index in [1.54, 1.807) is 35.0 Å². The fourth-order valence-electron chi connectivity index (χ4n) is 5.61. The van der Waals surface area contributed by atoms with Crippen molar-refractivity contribution in [3.05, 3.63) is 78.9 Å². The average Bonchev–Trinajstić information content (AvgIpc) is 3.62. The molecule has 2 aromatic carbocycles. The van der Waals surface area contributed by atoms with Crippen LogP contribution < -0.4 is 11.1 Å². The lowest BCUT2D eigenvalue weighted by Crippen LogP contribution is -2.42. The number of aromatic nitrogens is 4. The van der Waals surface area contributed by atoms with E-state index < -0.39 is 11.7 Å². The Kier molecular flexibility index (Phi) is 5.44. The number of nitrogens with two attached hydrogens (primary N) is 1. The molecule has 1 aliphatic heterocycles. The topological polar surface area (TPSA) is 119 Å². The highest BCUT2D eigenvalue weighted by Gasteiger charge is 2.48. The van der Waals surface area contributed by atoms with E-state index in [1.165, 1.54) is 24.5 Å². The highest BCUT2D eigenvalue weighted by molar-refractivity contribution is 6.05. The van der Waals surface area contributed by atoms with Crippen LogP contribution in [0, 0.1) is 11.7 Å². The Morgan fingerprint density at radius 2 is 1.89 bits per heavy atom. The molecule has 6 rings (SSSR count). The van der Waals surface area contributed by atoms with Crippen LogP contribution in [-0.4, -0.2) is 49.0 Å². The number of nitrogens with one attached hydrogen (secondary N) is 1. The van der Waals surface area contributed by atoms with E-state index in [0.717, 1.165) is 12.8 Å². The molecule has 4 aromatic rings. The molecule has 37 heavy (non-hydrogen) atoms. The normalized spacial score (nSPS) is 20.4. The Balaban J connectivity index is 1.38. The number of nitrogen functional groups attached to an aromatic ring is 1. The first-order valence-corrected chi connectivity index (χ1v) is 12.0. The standard InChI is InChI=1S/C27H24FN7O2/c1-2-22(36)34-13-15-10-20(34)21(11-15)35-26-23(25(29)30-14-31-26)24(33-35)18-9-8-16(12-19(18)28)27(37)32-17-6-4-3-5-7-17/h2-9,12,14-15,20-21H,1,10-11,13H2,(H,32,37)(H2,29,30,31). The average molecular weight is 498 g/mol. The number of anilines is 2. The summed E-state index contributed by atoms with van der Waals surface area (Å²) >= 11 is 0. The van der Waals surface area contributed by atoms with Gasteiger partial charge in [0.15, 0.2) is 5.65 Å². The minimum absolute atomic E-state index is 0.0588. The van der Waals surface area contributed by atoms with Gasteiger partial charge in [-0.05, 0) is 55.2 Å². The number of hydrogen-bond acceptors (Lipinski definition) is 6. The lowest BCUT2D eigenvalue weighted by molar-refractivity contribution is -0.128. The lowest BCUT2D eigenvalue weighted by Gasteiger charge is -2.32. The number of para-hydroxylation sites is 1. The number of fused-ring (bicyclic) bond motifs is 3. The number of halogens is 1. The molecule has 1 saturated heterocycles. The van der Waals surface area contributed by atoms with Gasteiger partial charge in [-0.25, -0.2) is 19.0 Å². The van der Waals surface area contributed by atoms with Crippen LogP contribution in [-0.2, 0) is 4.79 Å². The summed E-state index contributed by atoms with van der Waals surface area (Å²) in [6.45, 7) is 4.31. The largest absolute Gasteiger partial charge is 0.383 e. The van der Waals surface area contributed by atoms with Gasteiger partial charge in [0, 0.05) is 23.4 Å². The first kappa shape index (κ1) is 22.8. The molecule has 0 radical (unpaired) electrons. The van der Waals surface area contributed by atoms with Gasteiger partial charge in [-0.2, -0.15) is 5.10 Å². The van der Waals surface area contributed by atoms with Gasteiger partial charge in [0.1, 0.15) is 23.7 Å². The smallest absolute Gasteiger partial charge is 0.255 e. The van der Waals surface area contributed by atoms with Crippen LogP contribution in [0.4, 0.5) is 15.9 Å². The molecule has 3 heterocycles. The molecule has 2 aromatic heterocycles. The number of nitrogens with zero attached hydrogens (tertiary/aromatic N) is 5. The van der Waals surface area contributed by atoms with Crippen molar-refractivity contribution >= 4 is 34.4 Å². The molecular weight excluding hydrogens is 473 g/mol. The SMILES string of the molecule is C=CC(=O)N1CC2CC1C(n1nc(-c3ccc(C(=O)Nc4ccccc4)cc3F)c3c(N)ncnc31)C2. The van der Waals surface area contributed by atoms with Crippen molar-refractivity contribution in [1.82, 2.24) is 24.6 Å². The third-order valence-corrected chi connectivity index (χ3v) is 7.26. The maximum absolute atomic E-state index is 15.5. The highest BCUT2D eigenvalue weighted by Crippen LogP contribution is 2.46. The molecule has 3 unspecified atom stereocenters. The fourth-order valence-corrected chi connectivity index (χ4v) is 5.61. The fraction of sp³-hybridized carbons (Fsp3) is 0.222. The van der Waals surface area contributed by atoms with E-state index >= 15 is 4.39 Å². The van der Waals surface area contributed by atoms with Crippen molar-refractivity contribution in [3.63, 3.8) is 0 Å². The molecule has 2 aliphatic rings. The Hall–Kier alpha value is -4.60. The van der Waals surface area contributed by atoms with Gasteiger partial charge in [-0.1, -0.05) is 24.8 Å². The quantitative estimate of drug-likeness (QED) is 0.405. The second-order valence-corrected chi connectivity index (χ2v) is 9.43. The molecule has 2 amide bonds. The van der Waals surface area contributed by atoms with Crippen molar-refractivity contribution < 1.29 is 14.0 Å². The van der Waals surface area contributed by atoms with Crippen LogP contribution in [0.15, 0.2) is 67.5 Å². The summed E-state index contributed by atoms with van der Waals surface area (Å²) in [5, 5.41) is 7.96. The third kappa shape index (κ3) is 3.81. The van der Waals surface area contributed by atoms with Crippen LogP contribution in [0.1, 0.15) is 29.2 Å². The summed E-state index contributed by atoms with van der Waals surface area (Å²) in [6.07, 6.45) is 4.37. The predicted molar refractivity (Wildman–Crippen MR) is 137 cm³/mol. The Labute approximate surface area is 211 Å². The Morgan fingerprint density at radius 1 is 1.11 bits per heavy atom. The summed E-state index contributed by atoms with van der Waals surface area (Å²) in [4.78, 5) is 35.4. The maximum Gasteiger partial charge on any atom is 0.255 e.